The third-order valence-electron chi connectivity index (χ3n) is 8.07. The summed E-state index contributed by atoms with van der Waals surface area (Å²) in [6.45, 7) is 2.15. The van der Waals surface area contributed by atoms with E-state index in [9.17, 15) is 18.8 Å². The number of anilines is 1. The van der Waals surface area contributed by atoms with Crippen LogP contribution >= 0.6 is 11.8 Å². The van der Waals surface area contributed by atoms with E-state index in [0.29, 0.717) is 22.8 Å². The van der Waals surface area contributed by atoms with Crippen molar-refractivity contribution in [2.45, 2.75) is 50.4 Å². The first-order valence-electron chi connectivity index (χ1n) is 12.7. The van der Waals surface area contributed by atoms with E-state index in [4.69, 9.17) is 10.5 Å². The van der Waals surface area contributed by atoms with E-state index in [1.807, 2.05) is 4.57 Å². The van der Waals surface area contributed by atoms with Crippen LogP contribution in [0.4, 0.5) is 10.2 Å². The summed E-state index contributed by atoms with van der Waals surface area (Å²) >= 11 is 1.16. The highest BCUT2D eigenvalue weighted by Gasteiger charge is 2.43. The summed E-state index contributed by atoms with van der Waals surface area (Å²) in [5.74, 6) is 1.22. The zero-order valence-electron chi connectivity index (χ0n) is 21.6. The largest absolute Gasteiger partial charge is 0.483 e. The van der Waals surface area contributed by atoms with E-state index in [-0.39, 0.29) is 35.5 Å². The van der Waals surface area contributed by atoms with E-state index in [0.717, 1.165) is 33.2 Å². The summed E-state index contributed by atoms with van der Waals surface area (Å²) in [7, 11) is 2.72. The minimum atomic E-state index is -0.730. The summed E-state index contributed by atoms with van der Waals surface area (Å²) in [5.41, 5.74) is 4.41. The highest BCUT2D eigenvalue weighted by molar-refractivity contribution is 7.99. The number of para-hydroxylation sites is 1. The Morgan fingerprint density at radius 2 is 1.95 bits per heavy atom. The summed E-state index contributed by atoms with van der Waals surface area (Å²) in [4.78, 5) is 37.9. The quantitative estimate of drug-likeness (QED) is 0.323. The van der Waals surface area contributed by atoms with Crippen LogP contribution in [-0.4, -0.2) is 35.4 Å². The summed E-state index contributed by atoms with van der Waals surface area (Å²) < 4.78 is 23.8. The Kier molecular flexibility index (Phi) is 7.17. The molecule has 2 aliphatic rings. The van der Waals surface area contributed by atoms with Crippen molar-refractivity contribution in [3.8, 4) is 5.75 Å². The molecular formula is C26H31FN6O4S. The van der Waals surface area contributed by atoms with E-state index in [2.05, 4.69) is 17.1 Å². The zero-order chi connectivity index (χ0) is 27.1. The van der Waals surface area contributed by atoms with Gasteiger partial charge in [-0.2, -0.15) is 0 Å². The highest BCUT2D eigenvalue weighted by atomic mass is 32.2. The fourth-order valence-electron chi connectivity index (χ4n) is 6.02. The molecular weight excluding hydrogens is 511 g/mol. The van der Waals surface area contributed by atoms with Gasteiger partial charge in [0.15, 0.2) is 28.3 Å². The van der Waals surface area contributed by atoms with Crippen molar-refractivity contribution in [2.75, 3.05) is 11.5 Å². The first-order valence-corrected chi connectivity index (χ1v) is 13.7. The van der Waals surface area contributed by atoms with Gasteiger partial charge in [-0.15, -0.1) is 10.2 Å². The van der Waals surface area contributed by atoms with Crippen molar-refractivity contribution >= 4 is 23.4 Å². The second-order valence-corrected chi connectivity index (χ2v) is 11.2. The van der Waals surface area contributed by atoms with Crippen LogP contribution < -0.4 is 21.7 Å². The van der Waals surface area contributed by atoms with Gasteiger partial charge >= 0.3 is 5.69 Å². The topological polar surface area (TPSA) is 127 Å². The summed E-state index contributed by atoms with van der Waals surface area (Å²) in [6.07, 6.45) is 4.84. The molecule has 2 aromatic heterocycles. The number of hydrogen-bond acceptors (Lipinski definition) is 8. The van der Waals surface area contributed by atoms with Crippen molar-refractivity contribution in [2.24, 2.45) is 31.8 Å². The maximum absolute atomic E-state index is 14.2. The Balaban J connectivity index is 1.41. The van der Waals surface area contributed by atoms with Crippen LogP contribution in [0, 0.1) is 23.6 Å². The molecule has 0 aliphatic heterocycles. The molecule has 1 aromatic carbocycles. The number of nitrogens with two attached hydrogens (primary N) is 1. The van der Waals surface area contributed by atoms with Gasteiger partial charge in [0.05, 0.1) is 5.75 Å². The molecule has 3 aromatic rings. The number of fused-ring (bicyclic) bond motifs is 2. The molecule has 202 valence electrons. The second-order valence-electron chi connectivity index (χ2n) is 10.2. The molecule has 0 saturated heterocycles. The van der Waals surface area contributed by atoms with Gasteiger partial charge in [0.2, 0.25) is 0 Å². The van der Waals surface area contributed by atoms with Gasteiger partial charge in [0.1, 0.15) is 18.0 Å². The molecule has 12 heteroatoms. The Labute approximate surface area is 223 Å². The van der Waals surface area contributed by atoms with Crippen LogP contribution in [0.2, 0.25) is 0 Å². The average Bonchev–Trinajstić information content (AvgIpc) is 3.65. The number of nitrogens with zero attached hydrogens (tertiary/aromatic N) is 5. The molecule has 38 heavy (non-hydrogen) atoms. The van der Waals surface area contributed by atoms with Gasteiger partial charge in [0.25, 0.3) is 5.56 Å². The third kappa shape index (κ3) is 4.65. The fourth-order valence-corrected chi connectivity index (χ4v) is 6.93. The predicted molar refractivity (Wildman–Crippen MR) is 141 cm³/mol. The predicted octanol–water partition coefficient (Wildman–Crippen LogP) is 2.95. The van der Waals surface area contributed by atoms with Crippen LogP contribution in [0.15, 0.2) is 39.0 Å². The van der Waals surface area contributed by atoms with E-state index in [1.165, 1.54) is 39.4 Å². The third-order valence-corrected chi connectivity index (χ3v) is 9.01. The van der Waals surface area contributed by atoms with E-state index in [1.54, 1.807) is 18.2 Å². The number of halogens is 1. The number of ketones is 1. The minimum Gasteiger partial charge on any atom is -0.483 e. The molecule has 0 spiro atoms. The molecule has 4 atom stereocenters. The fraction of sp³-hybridized carbons (Fsp3) is 0.500. The number of Topliss-reactive ketones (excluding diaryl/α,β-unsaturated/α-hetero) is 1. The number of carbonyl (C=O) groups excluding carboxylic acids is 1. The van der Waals surface area contributed by atoms with Crippen molar-refractivity contribution < 1.29 is 13.9 Å². The van der Waals surface area contributed by atoms with Crippen molar-refractivity contribution in [1.82, 2.24) is 23.9 Å². The van der Waals surface area contributed by atoms with Crippen molar-refractivity contribution in [1.29, 1.82) is 0 Å². The van der Waals surface area contributed by atoms with Crippen LogP contribution in [0.3, 0.4) is 0 Å². The normalized spacial score (nSPS) is 21.1. The first-order chi connectivity index (χ1) is 18.2. The van der Waals surface area contributed by atoms with Crippen LogP contribution in [0.5, 0.6) is 5.75 Å². The van der Waals surface area contributed by atoms with Crippen molar-refractivity contribution in [3.63, 3.8) is 0 Å². The molecule has 2 heterocycles. The maximum atomic E-state index is 14.2. The Morgan fingerprint density at radius 3 is 2.63 bits per heavy atom. The number of aromatic nitrogens is 5. The van der Waals surface area contributed by atoms with Gasteiger partial charge in [0, 0.05) is 20.1 Å². The number of hydrogen-bond donors (Lipinski definition) is 1. The Morgan fingerprint density at radius 1 is 1.18 bits per heavy atom. The summed E-state index contributed by atoms with van der Waals surface area (Å²) in [6, 6.07) is 6.23. The van der Waals surface area contributed by atoms with E-state index >= 15 is 0 Å². The second kappa shape index (κ2) is 10.4. The SMILES string of the molecule is C[C@@H]([C@H]1C[C@@H]2CC[C@@H]1C2)n1c(COc2ccccc2F)nnc1SCC(=O)c1c(N)n(C)c(=O)n(C)c1=O. The number of rotatable bonds is 9. The van der Waals surface area contributed by atoms with Crippen LogP contribution in [0.1, 0.15) is 54.8 Å². The van der Waals surface area contributed by atoms with Gasteiger partial charge in [-0.25, -0.2) is 9.18 Å². The van der Waals surface area contributed by atoms with Crippen molar-refractivity contribution in [3.05, 3.63) is 62.3 Å². The average molecular weight is 543 g/mol. The molecule has 2 fully saturated rings. The molecule has 5 rings (SSSR count). The Hall–Kier alpha value is -3.41. The van der Waals surface area contributed by atoms with Crippen LogP contribution in [-0.2, 0) is 20.7 Å². The first kappa shape index (κ1) is 26.2. The Bertz CT molecular complexity index is 1500. The molecule has 0 amide bonds. The lowest BCUT2D eigenvalue weighted by Gasteiger charge is -2.30. The molecule has 10 nitrogen and oxygen atoms in total. The number of nitrogen functional groups attached to an aromatic ring is 1. The lowest BCUT2D eigenvalue weighted by molar-refractivity contribution is 0.102. The highest BCUT2D eigenvalue weighted by Crippen LogP contribution is 2.52. The molecule has 2 aliphatic carbocycles. The van der Waals surface area contributed by atoms with E-state index < -0.39 is 22.8 Å². The smallest absolute Gasteiger partial charge is 0.332 e. The molecule has 2 saturated carbocycles. The zero-order valence-corrected chi connectivity index (χ0v) is 22.4. The number of benzene rings is 1. The summed E-state index contributed by atoms with van der Waals surface area (Å²) in [5, 5.41) is 9.20. The van der Waals surface area contributed by atoms with Gasteiger partial charge in [-0.1, -0.05) is 30.3 Å². The maximum Gasteiger partial charge on any atom is 0.332 e. The lowest BCUT2D eigenvalue weighted by Crippen LogP contribution is -2.41. The molecule has 2 bridgehead atoms. The van der Waals surface area contributed by atoms with Gasteiger partial charge < -0.3 is 10.5 Å². The van der Waals surface area contributed by atoms with Crippen LogP contribution in [0.25, 0.3) is 0 Å². The monoisotopic (exact) mass is 542 g/mol. The standard InChI is InChI=1S/C26H31FN6O4S/c1-14(17-11-15-8-9-16(17)10-15)33-21(12-37-20-7-5-4-6-18(20)27)29-30-25(33)38-13-19(34)22-23(28)31(2)26(36)32(3)24(22)35/h4-7,14-17H,8-13,28H2,1-3H3/t14-,15+,16+,17+/m0/s1. The molecule has 2 N–H and O–H groups in total. The van der Waals surface area contributed by atoms with Gasteiger partial charge in [-0.3, -0.25) is 23.3 Å². The number of carbonyl (C=O) groups is 1. The number of thioether (sulfide) groups is 1. The lowest BCUT2D eigenvalue weighted by atomic mass is 9.84. The molecule has 0 radical (unpaired) electrons. The number of ether oxygens (including phenoxy) is 1. The van der Waals surface area contributed by atoms with Gasteiger partial charge in [-0.05, 0) is 56.1 Å². The molecule has 0 unspecified atom stereocenters. The minimum absolute atomic E-state index is 0.0158.